The summed E-state index contributed by atoms with van der Waals surface area (Å²) in [6.07, 6.45) is 4.93. The molecule has 86 valence electrons. The molecule has 1 atom stereocenters. The molecule has 0 amide bonds. The summed E-state index contributed by atoms with van der Waals surface area (Å²) >= 11 is 0. The highest BCUT2D eigenvalue weighted by Crippen LogP contribution is 2.26. The van der Waals surface area contributed by atoms with Crippen LogP contribution in [0.4, 0.5) is 0 Å². The second-order valence-electron chi connectivity index (χ2n) is 5.23. The van der Waals surface area contributed by atoms with Crippen molar-refractivity contribution in [1.29, 1.82) is 0 Å². The zero-order valence-electron chi connectivity index (χ0n) is 9.73. The van der Waals surface area contributed by atoms with Gasteiger partial charge in [-0.15, -0.1) is 0 Å². The highest BCUT2D eigenvalue weighted by molar-refractivity contribution is 5.33. The number of benzene rings is 1. The number of nitrogens with zero attached hydrogens (tertiary/aromatic N) is 1. The molecular weight excluding hydrogens is 196 g/mol. The molecule has 0 spiro atoms. The summed E-state index contributed by atoms with van der Waals surface area (Å²) < 4.78 is 0. The van der Waals surface area contributed by atoms with Crippen molar-refractivity contribution in [3.05, 3.63) is 35.4 Å². The van der Waals surface area contributed by atoms with Gasteiger partial charge in [0.1, 0.15) is 0 Å². The van der Waals surface area contributed by atoms with Crippen LogP contribution >= 0.6 is 0 Å². The molecule has 2 N–H and O–H groups in total. The second-order valence-corrected chi connectivity index (χ2v) is 5.23. The van der Waals surface area contributed by atoms with Crippen molar-refractivity contribution in [2.75, 3.05) is 13.1 Å². The summed E-state index contributed by atoms with van der Waals surface area (Å²) in [5.41, 5.74) is 9.15. The highest BCUT2D eigenvalue weighted by atomic mass is 15.2. The molecule has 1 aromatic carbocycles. The lowest BCUT2D eigenvalue weighted by molar-refractivity contribution is 0.153. The van der Waals surface area contributed by atoms with Crippen LogP contribution in [-0.2, 0) is 12.8 Å². The van der Waals surface area contributed by atoms with E-state index in [0.717, 1.165) is 6.54 Å². The molecule has 16 heavy (non-hydrogen) atoms. The van der Waals surface area contributed by atoms with Gasteiger partial charge in [0.15, 0.2) is 0 Å². The van der Waals surface area contributed by atoms with Gasteiger partial charge < -0.3 is 5.73 Å². The van der Waals surface area contributed by atoms with Crippen LogP contribution in [0.25, 0.3) is 0 Å². The van der Waals surface area contributed by atoms with Crippen LogP contribution in [0.15, 0.2) is 24.3 Å². The van der Waals surface area contributed by atoms with Crippen LogP contribution in [0.3, 0.4) is 0 Å². The second kappa shape index (κ2) is 4.19. The third kappa shape index (κ3) is 1.87. The Hall–Kier alpha value is -0.860. The van der Waals surface area contributed by atoms with Gasteiger partial charge in [-0.1, -0.05) is 24.3 Å². The van der Waals surface area contributed by atoms with Gasteiger partial charge in [-0.2, -0.15) is 0 Å². The van der Waals surface area contributed by atoms with E-state index in [9.17, 15) is 0 Å². The molecule has 1 aliphatic carbocycles. The minimum absolute atomic E-state index is 0.400. The fourth-order valence-electron chi connectivity index (χ4n) is 3.17. The maximum absolute atomic E-state index is 6.06. The molecule has 1 aliphatic heterocycles. The number of likely N-dealkylation sites (tertiary alicyclic amines) is 1. The van der Waals surface area contributed by atoms with Crippen molar-refractivity contribution < 1.29 is 0 Å². The Labute approximate surface area is 97.4 Å². The smallest absolute Gasteiger partial charge is 0.0177 e. The molecule has 0 saturated carbocycles. The Balaban J connectivity index is 1.71. The van der Waals surface area contributed by atoms with Crippen LogP contribution in [0.2, 0.25) is 0 Å². The van der Waals surface area contributed by atoms with Crippen molar-refractivity contribution in [1.82, 2.24) is 4.90 Å². The van der Waals surface area contributed by atoms with E-state index in [1.165, 1.54) is 32.2 Å². The Morgan fingerprint density at radius 1 is 1.12 bits per heavy atom. The largest absolute Gasteiger partial charge is 0.327 e. The lowest BCUT2D eigenvalue weighted by atomic mass is 10.0. The van der Waals surface area contributed by atoms with E-state index in [2.05, 4.69) is 29.2 Å². The number of hydrogen-bond donors (Lipinski definition) is 1. The van der Waals surface area contributed by atoms with Crippen LogP contribution in [0.5, 0.6) is 0 Å². The van der Waals surface area contributed by atoms with Gasteiger partial charge >= 0.3 is 0 Å². The van der Waals surface area contributed by atoms with E-state index >= 15 is 0 Å². The molecule has 2 aliphatic rings. The van der Waals surface area contributed by atoms with Crippen LogP contribution < -0.4 is 5.73 Å². The predicted octanol–water partition coefficient (Wildman–Crippen LogP) is 1.58. The first kappa shape index (κ1) is 10.3. The van der Waals surface area contributed by atoms with Gasteiger partial charge in [-0.3, -0.25) is 4.90 Å². The molecule has 1 unspecified atom stereocenters. The van der Waals surface area contributed by atoms with Crippen molar-refractivity contribution in [3.8, 4) is 0 Å². The number of fused-ring (bicyclic) bond motifs is 1. The van der Waals surface area contributed by atoms with E-state index in [1.807, 2.05) is 0 Å². The Bertz CT molecular complexity index is 350. The average Bonchev–Trinajstić information content (AvgIpc) is 2.72. The summed E-state index contributed by atoms with van der Waals surface area (Å²) in [4.78, 5) is 2.61. The summed E-state index contributed by atoms with van der Waals surface area (Å²) in [6, 6.07) is 9.98. The van der Waals surface area contributed by atoms with Crippen LogP contribution in [0, 0.1) is 0 Å². The molecular formula is C14H20N2. The average molecular weight is 216 g/mol. The molecule has 1 saturated heterocycles. The van der Waals surface area contributed by atoms with Crippen molar-refractivity contribution in [2.45, 2.75) is 37.8 Å². The van der Waals surface area contributed by atoms with Gasteiger partial charge in [0.05, 0.1) is 0 Å². The quantitative estimate of drug-likeness (QED) is 0.772. The molecule has 1 aromatic rings. The molecule has 1 fully saturated rings. The highest BCUT2D eigenvalue weighted by Gasteiger charge is 2.29. The summed E-state index contributed by atoms with van der Waals surface area (Å²) in [5.74, 6) is 0. The normalized spacial score (nSPS) is 26.9. The third-order valence-electron chi connectivity index (χ3n) is 4.04. The summed E-state index contributed by atoms with van der Waals surface area (Å²) in [5, 5.41) is 0. The fraction of sp³-hybridized carbons (Fsp3) is 0.571. The van der Waals surface area contributed by atoms with Gasteiger partial charge in [0.25, 0.3) is 0 Å². The number of nitrogens with two attached hydrogens (primary N) is 1. The monoisotopic (exact) mass is 216 g/mol. The molecule has 0 aromatic heterocycles. The van der Waals surface area contributed by atoms with Gasteiger partial charge in [-0.05, 0) is 43.4 Å². The molecule has 2 heteroatoms. The minimum Gasteiger partial charge on any atom is -0.327 e. The molecule has 0 bridgehead atoms. The first-order valence-corrected chi connectivity index (χ1v) is 6.39. The number of piperidine rings is 1. The van der Waals surface area contributed by atoms with Crippen molar-refractivity contribution >= 4 is 0 Å². The van der Waals surface area contributed by atoms with Crippen LogP contribution in [-0.4, -0.2) is 30.1 Å². The zero-order chi connectivity index (χ0) is 11.0. The van der Waals surface area contributed by atoms with Gasteiger partial charge in [-0.25, -0.2) is 0 Å². The third-order valence-corrected chi connectivity index (χ3v) is 4.04. The summed E-state index contributed by atoms with van der Waals surface area (Å²) in [6.45, 7) is 2.34. The SMILES string of the molecule is NC1CCCN(C2Cc3ccccc3C2)C1. The number of hydrogen-bond acceptors (Lipinski definition) is 2. The fourth-order valence-corrected chi connectivity index (χ4v) is 3.17. The van der Waals surface area contributed by atoms with E-state index in [1.54, 1.807) is 11.1 Å². The zero-order valence-corrected chi connectivity index (χ0v) is 9.73. The van der Waals surface area contributed by atoms with Crippen molar-refractivity contribution in [3.63, 3.8) is 0 Å². The van der Waals surface area contributed by atoms with E-state index < -0.39 is 0 Å². The maximum Gasteiger partial charge on any atom is 0.0177 e. The van der Waals surface area contributed by atoms with E-state index in [4.69, 9.17) is 5.73 Å². The Kier molecular flexibility index (Phi) is 2.70. The lowest BCUT2D eigenvalue weighted by Crippen LogP contribution is -2.48. The van der Waals surface area contributed by atoms with Gasteiger partial charge in [0, 0.05) is 18.6 Å². The molecule has 3 rings (SSSR count). The van der Waals surface area contributed by atoms with E-state index in [-0.39, 0.29) is 0 Å². The predicted molar refractivity (Wildman–Crippen MR) is 66.4 cm³/mol. The molecule has 1 heterocycles. The van der Waals surface area contributed by atoms with E-state index in [0.29, 0.717) is 12.1 Å². The lowest BCUT2D eigenvalue weighted by Gasteiger charge is -2.35. The minimum atomic E-state index is 0.400. The van der Waals surface area contributed by atoms with Crippen molar-refractivity contribution in [2.24, 2.45) is 5.73 Å². The van der Waals surface area contributed by atoms with Crippen LogP contribution in [0.1, 0.15) is 24.0 Å². The Morgan fingerprint density at radius 2 is 1.81 bits per heavy atom. The topological polar surface area (TPSA) is 29.3 Å². The van der Waals surface area contributed by atoms with Gasteiger partial charge in [0.2, 0.25) is 0 Å². The standard InChI is InChI=1S/C14H20N2/c15-13-6-3-7-16(10-13)14-8-11-4-1-2-5-12(11)9-14/h1-2,4-5,13-14H,3,6-10,15H2. The molecule has 0 radical (unpaired) electrons. The first-order chi connectivity index (χ1) is 7.83. The maximum atomic E-state index is 6.06. The number of rotatable bonds is 1. The Morgan fingerprint density at radius 3 is 2.44 bits per heavy atom. The summed E-state index contributed by atoms with van der Waals surface area (Å²) in [7, 11) is 0. The first-order valence-electron chi connectivity index (χ1n) is 6.39. The molecule has 2 nitrogen and oxygen atoms in total.